The van der Waals surface area contributed by atoms with Gasteiger partial charge in [-0.1, -0.05) is 12.1 Å². The molecule has 0 saturated heterocycles. The van der Waals surface area contributed by atoms with E-state index in [0.717, 1.165) is 15.3 Å². The molecule has 6 nitrogen and oxygen atoms in total. The third-order valence-corrected chi connectivity index (χ3v) is 4.75. The Kier molecular flexibility index (Phi) is 7.26. The van der Waals surface area contributed by atoms with E-state index in [-0.39, 0.29) is 18.6 Å². The van der Waals surface area contributed by atoms with Crippen LogP contribution < -0.4 is 5.32 Å². The quantitative estimate of drug-likeness (QED) is 0.554. The maximum Gasteiger partial charge on any atom is 0.306 e. The molecule has 0 bridgehead atoms. The van der Waals surface area contributed by atoms with Gasteiger partial charge in [-0.05, 0) is 37.6 Å². The molecule has 1 aromatic heterocycles. The van der Waals surface area contributed by atoms with E-state index in [1.54, 1.807) is 35.6 Å². The second-order valence-electron chi connectivity index (χ2n) is 5.99. The summed E-state index contributed by atoms with van der Waals surface area (Å²) in [6.45, 7) is 3.39. The zero-order valence-electron chi connectivity index (χ0n) is 15.2. The number of hydrogen-bond donors (Lipinski definition) is 1. The first-order valence-electron chi connectivity index (χ1n) is 8.40. The fourth-order valence-electron chi connectivity index (χ4n) is 2.47. The molecule has 0 radical (unpaired) electrons. The van der Waals surface area contributed by atoms with Crippen LogP contribution in [0.5, 0.6) is 0 Å². The molecule has 1 amide bonds. The summed E-state index contributed by atoms with van der Waals surface area (Å²) in [5.41, 5.74) is 2.04. The highest BCUT2D eigenvalue weighted by Gasteiger charge is 2.15. The van der Waals surface area contributed by atoms with Crippen molar-refractivity contribution in [3.8, 4) is 6.07 Å². The van der Waals surface area contributed by atoms with Gasteiger partial charge in [0.05, 0.1) is 18.9 Å². The van der Waals surface area contributed by atoms with E-state index in [1.807, 2.05) is 26.0 Å². The Morgan fingerprint density at radius 1 is 1.15 bits per heavy atom. The fourth-order valence-corrected chi connectivity index (χ4v) is 3.41. The highest BCUT2D eigenvalue weighted by molar-refractivity contribution is 7.12. The first-order valence-corrected chi connectivity index (χ1v) is 9.22. The highest BCUT2D eigenvalue weighted by atomic mass is 32.1. The molecule has 2 aromatic rings. The minimum Gasteiger partial charge on any atom is -0.456 e. The predicted octanol–water partition coefficient (Wildman–Crippen LogP) is 3.58. The van der Waals surface area contributed by atoms with Crippen molar-refractivity contribution >= 4 is 34.7 Å². The monoisotopic (exact) mass is 384 g/mol. The topological polar surface area (TPSA) is 96.3 Å². The number of anilines is 1. The van der Waals surface area contributed by atoms with Crippen molar-refractivity contribution in [1.29, 1.82) is 5.26 Å². The van der Waals surface area contributed by atoms with Crippen LogP contribution in [0.25, 0.3) is 0 Å². The predicted molar refractivity (Wildman–Crippen MR) is 103 cm³/mol. The fraction of sp³-hybridized carbons (Fsp3) is 0.300. The Bertz CT molecular complexity index is 878. The molecular weight excluding hydrogens is 364 g/mol. The maximum absolute atomic E-state index is 12.1. The molecule has 1 aromatic carbocycles. The number of nitrogens with one attached hydrogen (secondary N) is 1. The van der Waals surface area contributed by atoms with Crippen LogP contribution in [-0.4, -0.2) is 24.3 Å². The maximum atomic E-state index is 12.1. The Morgan fingerprint density at radius 2 is 1.85 bits per heavy atom. The lowest BCUT2D eigenvalue weighted by Crippen LogP contribution is -2.21. The van der Waals surface area contributed by atoms with Crippen LogP contribution in [0.2, 0.25) is 0 Å². The number of hydrogen-bond acceptors (Lipinski definition) is 6. The average Bonchev–Trinajstić information content (AvgIpc) is 2.98. The first-order chi connectivity index (χ1) is 12.9. The number of amides is 1. The zero-order chi connectivity index (χ0) is 19.8. The van der Waals surface area contributed by atoms with Crippen LogP contribution >= 0.6 is 11.3 Å². The van der Waals surface area contributed by atoms with Crippen LogP contribution in [0.15, 0.2) is 30.3 Å². The van der Waals surface area contributed by atoms with Crippen molar-refractivity contribution < 1.29 is 19.1 Å². The SMILES string of the molecule is Cc1cc(C(=O)CCC(=O)OCC(=O)Nc2ccc(CC#N)cc2)c(C)s1. The van der Waals surface area contributed by atoms with E-state index in [9.17, 15) is 14.4 Å². The van der Waals surface area contributed by atoms with Crippen LogP contribution in [0.3, 0.4) is 0 Å². The van der Waals surface area contributed by atoms with Crippen LogP contribution in [0.1, 0.15) is 38.5 Å². The van der Waals surface area contributed by atoms with Gasteiger partial charge in [0.2, 0.25) is 0 Å². The molecule has 140 valence electrons. The molecule has 1 heterocycles. The summed E-state index contributed by atoms with van der Waals surface area (Å²) in [7, 11) is 0. The number of aryl methyl sites for hydroxylation is 2. The van der Waals surface area contributed by atoms with Gasteiger partial charge < -0.3 is 10.1 Å². The van der Waals surface area contributed by atoms with E-state index >= 15 is 0 Å². The summed E-state index contributed by atoms with van der Waals surface area (Å²) in [6, 6.07) is 10.7. The largest absolute Gasteiger partial charge is 0.456 e. The third-order valence-electron chi connectivity index (χ3n) is 3.78. The van der Waals surface area contributed by atoms with Gasteiger partial charge in [-0.3, -0.25) is 14.4 Å². The van der Waals surface area contributed by atoms with Gasteiger partial charge in [-0.2, -0.15) is 5.26 Å². The Labute approximate surface area is 161 Å². The van der Waals surface area contributed by atoms with E-state index in [4.69, 9.17) is 10.00 Å². The summed E-state index contributed by atoms with van der Waals surface area (Å²) < 4.78 is 4.92. The lowest BCUT2D eigenvalue weighted by molar-refractivity contribution is -0.147. The van der Waals surface area contributed by atoms with Crippen LogP contribution in [0, 0.1) is 25.2 Å². The van der Waals surface area contributed by atoms with E-state index in [1.165, 1.54) is 0 Å². The van der Waals surface area contributed by atoms with Crippen molar-refractivity contribution in [2.75, 3.05) is 11.9 Å². The first kappa shape index (κ1) is 20.3. The number of nitrogens with zero attached hydrogens (tertiary/aromatic N) is 1. The van der Waals surface area contributed by atoms with Crippen LogP contribution in [-0.2, 0) is 20.7 Å². The average molecular weight is 384 g/mol. The van der Waals surface area contributed by atoms with Gasteiger partial charge in [-0.25, -0.2) is 0 Å². The Balaban J connectivity index is 1.73. The molecule has 0 aliphatic rings. The van der Waals surface area contributed by atoms with E-state index < -0.39 is 18.5 Å². The summed E-state index contributed by atoms with van der Waals surface area (Å²) in [5.74, 6) is -1.16. The number of nitriles is 1. The second-order valence-corrected chi connectivity index (χ2v) is 7.45. The molecule has 7 heteroatoms. The van der Waals surface area contributed by atoms with E-state index in [2.05, 4.69) is 5.32 Å². The molecule has 0 atom stereocenters. The zero-order valence-corrected chi connectivity index (χ0v) is 16.0. The molecule has 0 unspecified atom stereocenters. The molecule has 0 fully saturated rings. The molecule has 1 N–H and O–H groups in total. The molecule has 0 saturated carbocycles. The van der Waals surface area contributed by atoms with Crippen molar-refractivity contribution in [2.24, 2.45) is 0 Å². The third kappa shape index (κ3) is 6.35. The number of ketones is 1. The summed E-state index contributed by atoms with van der Waals surface area (Å²) >= 11 is 1.54. The molecule has 0 aliphatic heterocycles. The van der Waals surface area contributed by atoms with Crippen molar-refractivity contribution in [3.05, 3.63) is 51.2 Å². The minimum absolute atomic E-state index is 0.0534. The minimum atomic E-state index is -0.590. The molecule has 2 rings (SSSR count). The number of benzene rings is 1. The molecule has 0 spiro atoms. The lowest BCUT2D eigenvalue weighted by Gasteiger charge is -2.07. The molecule has 27 heavy (non-hydrogen) atoms. The van der Waals surface area contributed by atoms with Crippen molar-refractivity contribution in [2.45, 2.75) is 33.1 Å². The Hall–Kier alpha value is -2.98. The number of carbonyl (C=O) groups excluding carboxylic acids is 3. The van der Waals surface area contributed by atoms with Crippen LogP contribution in [0.4, 0.5) is 5.69 Å². The van der Waals surface area contributed by atoms with Gasteiger partial charge in [0.1, 0.15) is 0 Å². The number of Topliss-reactive ketones (excluding diaryl/α,β-unsaturated/α-hetero) is 1. The molecular formula is C20H20N2O4S. The summed E-state index contributed by atoms with van der Waals surface area (Å²) in [5, 5.41) is 11.2. The summed E-state index contributed by atoms with van der Waals surface area (Å²) in [6.07, 6.45) is 0.288. The summed E-state index contributed by atoms with van der Waals surface area (Å²) in [4.78, 5) is 37.7. The number of thiophene rings is 1. The van der Waals surface area contributed by atoms with Gasteiger partial charge in [0.15, 0.2) is 12.4 Å². The van der Waals surface area contributed by atoms with Gasteiger partial charge in [0, 0.05) is 27.4 Å². The number of esters is 1. The number of ether oxygens (including phenoxy) is 1. The number of rotatable bonds is 8. The highest BCUT2D eigenvalue weighted by Crippen LogP contribution is 2.22. The van der Waals surface area contributed by atoms with Gasteiger partial charge in [-0.15, -0.1) is 11.3 Å². The number of carbonyl (C=O) groups is 3. The standard InChI is InChI=1S/C20H20N2O4S/c1-13-11-17(14(2)27-13)18(23)7-8-20(25)26-12-19(24)22-16-5-3-15(4-6-16)9-10-21/h3-6,11H,7-9,12H2,1-2H3,(H,22,24). The van der Waals surface area contributed by atoms with Crippen molar-refractivity contribution in [1.82, 2.24) is 0 Å². The normalized spacial score (nSPS) is 10.1. The van der Waals surface area contributed by atoms with E-state index in [0.29, 0.717) is 17.7 Å². The molecule has 0 aliphatic carbocycles. The van der Waals surface area contributed by atoms with Crippen molar-refractivity contribution in [3.63, 3.8) is 0 Å². The van der Waals surface area contributed by atoms with Gasteiger partial charge >= 0.3 is 5.97 Å². The van der Waals surface area contributed by atoms with Gasteiger partial charge in [0.25, 0.3) is 5.91 Å². The lowest BCUT2D eigenvalue weighted by atomic mass is 10.1. The second kappa shape index (κ2) is 9.64. The Morgan fingerprint density at radius 3 is 2.44 bits per heavy atom. The smallest absolute Gasteiger partial charge is 0.306 e.